The molecule has 0 aromatic heterocycles. The van der Waals surface area contributed by atoms with Crippen LogP contribution in [0.15, 0.2) is 24.3 Å². The molecule has 1 amide bonds. The number of carbonyl (C=O) groups is 1. The second-order valence-electron chi connectivity index (χ2n) is 6.47. The number of amides is 1. The van der Waals surface area contributed by atoms with E-state index in [0.717, 1.165) is 36.3 Å². The fraction of sp³-hybridized carbons (Fsp3) is 0.588. The summed E-state index contributed by atoms with van der Waals surface area (Å²) < 4.78 is 13.5. The number of thioether (sulfide) groups is 1. The SMILES string of the molecule is O=C(NCC1(O)CCSCC1)C1(c2cccc(F)c2)CCC1. The summed E-state index contributed by atoms with van der Waals surface area (Å²) in [6.07, 6.45) is 3.90. The standard InChI is InChI=1S/C17H22FNO2S/c18-14-4-1-3-13(11-14)17(5-2-6-17)15(20)19-12-16(21)7-9-22-10-8-16/h1,3-4,11,21H,2,5-10,12H2,(H,19,20). The van der Waals surface area contributed by atoms with Crippen molar-refractivity contribution in [3.05, 3.63) is 35.6 Å². The number of benzene rings is 1. The molecule has 0 radical (unpaired) electrons. The molecule has 0 unspecified atom stereocenters. The van der Waals surface area contributed by atoms with Gasteiger partial charge in [-0.15, -0.1) is 0 Å². The molecule has 1 saturated carbocycles. The van der Waals surface area contributed by atoms with Gasteiger partial charge in [-0.3, -0.25) is 4.79 Å². The summed E-state index contributed by atoms with van der Waals surface area (Å²) in [6.45, 7) is 0.295. The van der Waals surface area contributed by atoms with Gasteiger partial charge in [0.05, 0.1) is 11.0 Å². The Hall–Kier alpha value is -1.07. The fourth-order valence-electron chi connectivity index (χ4n) is 3.31. The molecule has 2 fully saturated rings. The van der Waals surface area contributed by atoms with E-state index in [0.29, 0.717) is 19.4 Å². The topological polar surface area (TPSA) is 49.3 Å². The van der Waals surface area contributed by atoms with Gasteiger partial charge < -0.3 is 10.4 Å². The number of rotatable bonds is 4. The molecule has 0 spiro atoms. The summed E-state index contributed by atoms with van der Waals surface area (Å²) in [7, 11) is 0. The molecule has 0 bridgehead atoms. The summed E-state index contributed by atoms with van der Waals surface area (Å²) in [6, 6.07) is 6.35. The highest BCUT2D eigenvalue weighted by atomic mass is 32.2. The van der Waals surface area contributed by atoms with Gasteiger partial charge >= 0.3 is 0 Å². The van der Waals surface area contributed by atoms with Crippen LogP contribution in [0, 0.1) is 5.82 Å². The van der Waals surface area contributed by atoms with Crippen molar-refractivity contribution in [2.24, 2.45) is 0 Å². The smallest absolute Gasteiger partial charge is 0.230 e. The van der Waals surface area contributed by atoms with Crippen LogP contribution in [0.25, 0.3) is 0 Å². The van der Waals surface area contributed by atoms with Crippen LogP contribution in [0.1, 0.15) is 37.7 Å². The Kier molecular flexibility index (Phi) is 4.46. The Morgan fingerprint density at radius 2 is 2.00 bits per heavy atom. The van der Waals surface area contributed by atoms with Gasteiger partial charge in [0.2, 0.25) is 5.91 Å². The summed E-state index contributed by atoms with van der Waals surface area (Å²) in [5.74, 6) is 1.48. The molecular weight excluding hydrogens is 301 g/mol. The summed E-state index contributed by atoms with van der Waals surface area (Å²) >= 11 is 1.84. The molecule has 1 aliphatic carbocycles. The Balaban J connectivity index is 1.69. The molecule has 2 N–H and O–H groups in total. The van der Waals surface area contributed by atoms with Crippen molar-refractivity contribution >= 4 is 17.7 Å². The first-order chi connectivity index (χ1) is 10.5. The molecule has 5 heteroatoms. The maximum atomic E-state index is 13.5. The lowest BCUT2D eigenvalue weighted by atomic mass is 9.63. The second-order valence-corrected chi connectivity index (χ2v) is 7.69. The average molecular weight is 323 g/mol. The number of nitrogens with one attached hydrogen (secondary N) is 1. The van der Waals surface area contributed by atoms with E-state index in [9.17, 15) is 14.3 Å². The monoisotopic (exact) mass is 323 g/mol. The Bertz CT molecular complexity index is 553. The van der Waals surface area contributed by atoms with Gasteiger partial charge in [-0.05, 0) is 54.9 Å². The predicted molar refractivity (Wildman–Crippen MR) is 86.4 cm³/mol. The van der Waals surface area contributed by atoms with E-state index in [1.165, 1.54) is 12.1 Å². The van der Waals surface area contributed by atoms with E-state index in [1.807, 2.05) is 17.8 Å². The number of hydrogen-bond donors (Lipinski definition) is 2. The third-order valence-corrected chi connectivity index (χ3v) is 6.01. The van der Waals surface area contributed by atoms with Crippen molar-refractivity contribution in [1.82, 2.24) is 5.32 Å². The van der Waals surface area contributed by atoms with Crippen molar-refractivity contribution in [2.75, 3.05) is 18.1 Å². The molecule has 0 atom stereocenters. The van der Waals surface area contributed by atoms with Crippen molar-refractivity contribution in [3.8, 4) is 0 Å². The zero-order chi connectivity index (χ0) is 15.6. The van der Waals surface area contributed by atoms with E-state index >= 15 is 0 Å². The van der Waals surface area contributed by atoms with E-state index in [1.54, 1.807) is 6.07 Å². The van der Waals surface area contributed by atoms with Gasteiger partial charge in [-0.2, -0.15) is 11.8 Å². The molecular formula is C17H22FNO2S. The molecule has 2 aliphatic rings. The van der Waals surface area contributed by atoms with E-state index in [2.05, 4.69) is 5.32 Å². The Labute approximate surface area is 134 Å². The highest BCUT2D eigenvalue weighted by Gasteiger charge is 2.46. The first-order valence-corrected chi connectivity index (χ1v) is 9.04. The lowest BCUT2D eigenvalue weighted by molar-refractivity contribution is -0.131. The van der Waals surface area contributed by atoms with Crippen LogP contribution in [0.2, 0.25) is 0 Å². The number of hydrogen-bond acceptors (Lipinski definition) is 3. The third-order valence-electron chi connectivity index (χ3n) is 5.02. The molecule has 1 heterocycles. The third kappa shape index (κ3) is 3.01. The molecule has 3 rings (SSSR count). The van der Waals surface area contributed by atoms with Gasteiger partial charge in [-0.25, -0.2) is 4.39 Å². The van der Waals surface area contributed by atoms with Crippen LogP contribution in [0.5, 0.6) is 0 Å². The van der Waals surface area contributed by atoms with Crippen LogP contribution < -0.4 is 5.32 Å². The van der Waals surface area contributed by atoms with Crippen molar-refractivity contribution in [3.63, 3.8) is 0 Å². The number of aliphatic hydroxyl groups is 1. The zero-order valence-corrected chi connectivity index (χ0v) is 13.4. The normalized spacial score (nSPS) is 22.6. The van der Waals surface area contributed by atoms with E-state index in [-0.39, 0.29) is 11.7 Å². The number of halogens is 1. The minimum Gasteiger partial charge on any atom is -0.388 e. The van der Waals surface area contributed by atoms with Gasteiger partial charge in [0.1, 0.15) is 5.82 Å². The molecule has 3 nitrogen and oxygen atoms in total. The molecule has 1 aliphatic heterocycles. The first-order valence-electron chi connectivity index (χ1n) is 7.89. The maximum absolute atomic E-state index is 13.5. The maximum Gasteiger partial charge on any atom is 0.230 e. The quantitative estimate of drug-likeness (QED) is 0.895. The highest BCUT2D eigenvalue weighted by molar-refractivity contribution is 7.99. The van der Waals surface area contributed by atoms with Gasteiger partial charge in [0.25, 0.3) is 0 Å². The minimum absolute atomic E-state index is 0.0731. The van der Waals surface area contributed by atoms with Crippen LogP contribution in [0.3, 0.4) is 0 Å². The first kappa shape index (κ1) is 15.8. The minimum atomic E-state index is -0.784. The largest absolute Gasteiger partial charge is 0.388 e. The van der Waals surface area contributed by atoms with E-state index < -0.39 is 11.0 Å². The fourth-order valence-corrected chi connectivity index (χ4v) is 4.56. The van der Waals surface area contributed by atoms with Crippen LogP contribution in [0.4, 0.5) is 4.39 Å². The van der Waals surface area contributed by atoms with Crippen LogP contribution >= 0.6 is 11.8 Å². The van der Waals surface area contributed by atoms with Gasteiger partial charge in [0.15, 0.2) is 0 Å². The lowest BCUT2D eigenvalue weighted by Gasteiger charge is -2.42. The lowest BCUT2D eigenvalue weighted by Crippen LogP contribution is -2.53. The van der Waals surface area contributed by atoms with Crippen molar-refractivity contribution in [1.29, 1.82) is 0 Å². The molecule has 1 aromatic rings. The molecule has 120 valence electrons. The Morgan fingerprint density at radius 1 is 1.27 bits per heavy atom. The molecule has 22 heavy (non-hydrogen) atoms. The summed E-state index contributed by atoms with van der Waals surface area (Å²) in [5, 5.41) is 13.4. The van der Waals surface area contributed by atoms with E-state index in [4.69, 9.17) is 0 Å². The highest BCUT2D eigenvalue weighted by Crippen LogP contribution is 2.44. The van der Waals surface area contributed by atoms with Crippen LogP contribution in [-0.4, -0.2) is 34.7 Å². The average Bonchev–Trinajstić information content (AvgIpc) is 2.45. The number of carbonyl (C=O) groups excluding carboxylic acids is 1. The molecule has 1 saturated heterocycles. The van der Waals surface area contributed by atoms with Gasteiger partial charge in [0, 0.05) is 6.54 Å². The summed E-state index contributed by atoms with van der Waals surface area (Å²) in [5.41, 5.74) is -0.641. The van der Waals surface area contributed by atoms with Gasteiger partial charge in [-0.1, -0.05) is 18.6 Å². The summed E-state index contributed by atoms with van der Waals surface area (Å²) in [4.78, 5) is 12.7. The van der Waals surface area contributed by atoms with Crippen molar-refractivity contribution in [2.45, 2.75) is 43.1 Å². The molecule has 1 aromatic carbocycles. The Morgan fingerprint density at radius 3 is 2.59 bits per heavy atom. The second kappa shape index (κ2) is 6.20. The predicted octanol–water partition coefficient (Wildman–Crippen LogP) is 2.62. The zero-order valence-electron chi connectivity index (χ0n) is 12.6. The van der Waals surface area contributed by atoms with Crippen LogP contribution in [-0.2, 0) is 10.2 Å². The van der Waals surface area contributed by atoms with Crippen molar-refractivity contribution < 1.29 is 14.3 Å².